The lowest BCUT2D eigenvalue weighted by atomic mass is 9.87. The topological polar surface area (TPSA) is 44.9 Å². The lowest BCUT2D eigenvalue weighted by Gasteiger charge is -2.18. The van der Waals surface area contributed by atoms with Gasteiger partial charge in [0.25, 0.3) is 0 Å². The Bertz CT molecular complexity index is 1280. The van der Waals surface area contributed by atoms with Gasteiger partial charge in [0.2, 0.25) is 5.91 Å². The average molecular weight is 483 g/mol. The first kappa shape index (κ1) is 23.3. The molecule has 2 N–H and O–H groups in total. The molecule has 0 fully saturated rings. The summed E-state index contributed by atoms with van der Waals surface area (Å²) >= 11 is 12.2. The number of carbonyl (C=O) groups excluding carboxylic acids is 1. The van der Waals surface area contributed by atoms with Gasteiger partial charge in [-0.2, -0.15) is 0 Å². The van der Waals surface area contributed by atoms with Gasteiger partial charge in [-0.3, -0.25) is 4.79 Å². The van der Waals surface area contributed by atoms with Crippen LogP contribution >= 0.6 is 23.2 Å². The number of aryl methyl sites for hydroxylation is 1. The Morgan fingerprint density at radius 1 is 1.06 bits per heavy atom. The van der Waals surface area contributed by atoms with Crippen LogP contribution in [0.1, 0.15) is 41.5 Å². The molecule has 33 heavy (non-hydrogen) atoms. The highest BCUT2D eigenvalue weighted by Crippen LogP contribution is 2.35. The van der Waals surface area contributed by atoms with Gasteiger partial charge < -0.3 is 10.3 Å². The Morgan fingerprint density at radius 2 is 1.88 bits per heavy atom. The van der Waals surface area contributed by atoms with Crippen molar-refractivity contribution in [3.05, 3.63) is 105 Å². The fourth-order valence-corrected chi connectivity index (χ4v) is 4.77. The molecule has 1 heterocycles. The molecule has 3 aromatic carbocycles. The summed E-state index contributed by atoms with van der Waals surface area (Å²) in [4.78, 5) is 16.3. The van der Waals surface area contributed by atoms with Crippen LogP contribution in [0.3, 0.4) is 0 Å². The smallest absolute Gasteiger partial charge is 0.220 e. The SMILES string of the molecule is CCc1cccc2c([C@@H](CC(=O)NCCc3ccc(Cl)cc3Cl)c3cccc(F)c3)c[nH]c12. The summed E-state index contributed by atoms with van der Waals surface area (Å²) in [6, 6.07) is 18.0. The molecule has 1 aromatic heterocycles. The van der Waals surface area contributed by atoms with E-state index in [1.165, 1.54) is 17.7 Å². The average Bonchev–Trinajstić information content (AvgIpc) is 3.23. The molecule has 0 spiro atoms. The summed E-state index contributed by atoms with van der Waals surface area (Å²) in [6.45, 7) is 2.56. The molecule has 0 bridgehead atoms. The minimum Gasteiger partial charge on any atom is -0.361 e. The second-order valence-electron chi connectivity index (χ2n) is 8.08. The van der Waals surface area contributed by atoms with Gasteiger partial charge >= 0.3 is 0 Å². The van der Waals surface area contributed by atoms with Crippen molar-refractivity contribution in [3.8, 4) is 0 Å². The van der Waals surface area contributed by atoms with E-state index in [1.807, 2.05) is 30.5 Å². The number of hydrogen-bond donors (Lipinski definition) is 2. The van der Waals surface area contributed by atoms with Crippen molar-refractivity contribution in [1.29, 1.82) is 0 Å². The Kier molecular flexibility index (Phi) is 7.36. The number of fused-ring (bicyclic) bond motifs is 1. The minimum atomic E-state index is -0.315. The normalized spacial score (nSPS) is 12.1. The maximum Gasteiger partial charge on any atom is 0.220 e. The van der Waals surface area contributed by atoms with E-state index in [4.69, 9.17) is 23.2 Å². The van der Waals surface area contributed by atoms with Crippen LogP contribution in [0.15, 0.2) is 66.9 Å². The summed E-state index contributed by atoms with van der Waals surface area (Å²) in [6.07, 6.45) is 3.65. The number of benzene rings is 3. The van der Waals surface area contributed by atoms with Gasteiger partial charge in [0.1, 0.15) is 5.82 Å². The number of nitrogens with one attached hydrogen (secondary N) is 2. The number of rotatable bonds is 8. The number of hydrogen-bond acceptors (Lipinski definition) is 1. The van der Waals surface area contributed by atoms with Crippen LogP contribution in [-0.2, 0) is 17.6 Å². The number of halogens is 3. The van der Waals surface area contributed by atoms with Gasteiger partial charge in [-0.1, -0.05) is 66.5 Å². The first-order valence-corrected chi connectivity index (χ1v) is 11.8. The molecule has 170 valence electrons. The van der Waals surface area contributed by atoms with Crippen molar-refractivity contribution in [3.63, 3.8) is 0 Å². The van der Waals surface area contributed by atoms with E-state index >= 15 is 0 Å². The summed E-state index contributed by atoms with van der Waals surface area (Å²) in [5.74, 6) is -0.694. The highest BCUT2D eigenvalue weighted by molar-refractivity contribution is 6.35. The zero-order valence-corrected chi connectivity index (χ0v) is 19.8. The predicted molar refractivity (Wildman–Crippen MR) is 134 cm³/mol. The zero-order chi connectivity index (χ0) is 23.4. The lowest BCUT2D eigenvalue weighted by molar-refractivity contribution is -0.121. The number of amides is 1. The van der Waals surface area contributed by atoms with Crippen LogP contribution < -0.4 is 5.32 Å². The molecule has 0 aliphatic heterocycles. The van der Waals surface area contributed by atoms with E-state index in [2.05, 4.69) is 23.3 Å². The Labute approximate surface area is 202 Å². The third kappa shape index (κ3) is 5.40. The molecule has 1 atom stereocenters. The van der Waals surface area contributed by atoms with Gasteiger partial charge in [0, 0.05) is 46.0 Å². The van der Waals surface area contributed by atoms with Crippen LogP contribution in [0.5, 0.6) is 0 Å². The lowest BCUT2D eigenvalue weighted by Crippen LogP contribution is -2.27. The molecular formula is C27H25Cl2FN2O. The second kappa shape index (κ2) is 10.4. The molecule has 4 aromatic rings. The van der Waals surface area contributed by atoms with Crippen LogP contribution in [-0.4, -0.2) is 17.4 Å². The molecule has 0 saturated carbocycles. The third-order valence-corrected chi connectivity index (χ3v) is 6.55. The first-order valence-electron chi connectivity index (χ1n) is 11.0. The third-order valence-electron chi connectivity index (χ3n) is 5.96. The van der Waals surface area contributed by atoms with Gasteiger partial charge in [-0.25, -0.2) is 4.39 Å². The second-order valence-corrected chi connectivity index (χ2v) is 8.93. The Morgan fingerprint density at radius 3 is 2.64 bits per heavy atom. The number of aromatic amines is 1. The van der Waals surface area contributed by atoms with Gasteiger partial charge in [0.15, 0.2) is 0 Å². The van der Waals surface area contributed by atoms with Crippen LogP contribution in [0, 0.1) is 5.82 Å². The zero-order valence-electron chi connectivity index (χ0n) is 18.3. The number of aromatic nitrogens is 1. The maximum atomic E-state index is 14.1. The molecule has 0 radical (unpaired) electrons. The van der Waals surface area contributed by atoms with Gasteiger partial charge in [-0.05, 0) is 59.4 Å². The van der Waals surface area contributed by atoms with Crippen molar-refractivity contribution in [2.75, 3.05) is 6.54 Å². The molecular weight excluding hydrogens is 458 g/mol. The molecule has 4 rings (SSSR count). The van der Waals surface area contributed by atoms with E-state index < -0.39 is 0 Å². The molecule has 6 heteroatoms. The molecule has 0 aliphatic rings. The Balaban J connectivity index is 1.55. The minimum absolute atomic E-state index is 0.102. The quantitative estimate of drug-likeness (QED) is 0.277. The highest BCUT2D eigenvalue weighted by atomic mass is 35.5. The van der Waals surface area contributed by atoms with Gasteiger partial charge in [-0.15, -0.1) is 0 Å². The van der Waals surface area contributed by atoms with Crippen LogP contribution in [0.4, 0.5) is 4.39 Å². The summed E-state index contributed by atoms with van der Waals surface area (Å²) in [7, 11) is 0. The summed E-state index contributed by atoms with van der Waals surface area (Å²) < 4.78 is 14.1. The van der Waals surface area contributed by atoms with Crippen molar-refractivity contribution in [2.45, 2.75) is 32.1 Å². The van der Waals surface area contributed by atoms with Gasteiger partial charge in [0.05, 0.1) is 0 Å². The fourth-order valence-electron chi connectivity index (χ4n) is 4.27. The van der Waals surface area contributed by atoms with E-state index in [-0.39, 0.29) is 24.1 Å². The van der Waals surface area contributed by atoms with E-state index in [1.54, 1.807) is 18.2 Å². The maximum absolute atomic E-state index is 14.1. The van der Waals surface area contributed by atoms with E-state index in [0.29, 0.717) is 23.0 Å². The van der Waals surface area contributed by atoms with Crippen LogP contribution in [0.2, 0.25) is 10.0 Å². The summed E-state index contributed by atoms with van der Waals surface area (Å²) in [5.41, 5.74) is 4.96. The molecule has 0 unspecified atom stereocenters. The number of H-pyrrole nitrogens is 1. The Hall–Kier alpha value is -2.82. The predicted octanol–water partition coefficient (Wildman–Crippen LogP) is 7.06. The van der Waals surface area contributed by atoms with E-state index in [0.717, 1.165) is 34.0 Å². The molecule has 0 saturated heterocycles. The summed E-state index contributed by atoms with van der Waals surface area (Å²) in [5, 5.41) is 5.21. The number of para-hydroxylation sites is 1. The fraction of sp³-hybridized carbons (Fsp3) is 0.222. The van der Waals surface area contributed by atoms with Crippen molar-refractivity contribution >= 4 is 40.0 Å². The first-order chi connectivity index (χ1) is 16.0. The largest absolute Gasteiger partial charge is 0.361 e. The van der Waals surface area contributed by atoms with Crippen molar-refractivity contribution in [1.82, 2.24) is 10.3 Å². The molecule has 3 nitrogen and oxygen atoms in total. The van der Waals surface area contributed by atoms with Crippen molar-refractivity contribution in [2.24, 2.45) is 0 Å². The van der Waals surface area contributed by atoms with Crippen LogP contribution in [0.25, 0.3) is 10.9 Å². The standard InChI is InChI=1S/C27H25Cl2FN2O/c1-2-17-5-4-8-22-24(16-32-27(17)22)23(19-6-3-7-21(30)13-19)15-26(33)31-12-11-18-9-10-20(28)14-25(18)29/h3-10,13-14,16,23,32H,2,11-12,15H2,1H3,(H,31,33)/t23-/m0/s1. The van der Waals surface area contributed by atoms with E-state index in [9.17, 15) is 9.18 Å². The number of carbonyl (C=O) groups is 1. The monoisotopic (exact) mass is 482 g/mol. The van der Waals surface area contributed by atoms with Crippen molar-refractivity contribution < 1.29 is 9.18 Å². The molecule has 1 amide bonds. The molecule has 0 aliphatic carbocycles. The highest BCUT2D eigenvalue weighted by Gasteiger charge is 2.22.